The number of pyridine rings is 1. The zero-order valence-electron chi connectivity index (χ0n) is 12.4. The Balaban J connectivity index is 1.79. The first-order valence-corrected chi connectivity index (χ1v) is 7.37. The zero-order valence-corrected chi connectivity index (χ0v) is 12.4. The molecule has 0 fully saturated rings. The summed E-state index contributed by atoms with van der Waals surface area (Å²) in [5.74, 6) is 1.03. The third kappa shape index (κ3) is 3.01. The number of cyclic esters (lactones) is 1. The minimum absolute atomic E-state index is 0.298. The highest BCUT2D eigenvalue weighted by Crippen LogP contribution is 2.33. The van der Waals surface area contributed by atoms with E-state index in [0.29, 0.717) is 23.7 Å². The van der Waals surface area contributed by atoms with Crippen molar-refractivity contribution in [2.75, 3.05) is 0 Å². The van der Waals surface area contributed by atoms with Crippen LogP contribution in [0.5, 0.6) is 5.75 Å². The van der Waals surface area contributed by atoms with E-state index in [9.17, 15) is 4.79 Å². The topological polar surface area (TPSA) is 48.4 Å². The second-order valence-electron chi connectivity index (χ2n) is 5.06. The second-order valence-corrected chi connectivity index (χ2v) is 5.06. The molecule has 0 bridgehead atoms. The fraction of sp³-hybridized carbons (Fsp3) is 0.222. The molecule has 0 N–H and O–H groups in total. The number of hydrogen-bond donors (Lipinski definition) is 0. The lowest BCUT2D eigenvalue weighted by molar-refractivity contribution is 0.0715. The maximum absolute atomic E-state index is 11.8. The predicted molar refractivity (Wildman–Crippen MR) is 83.3 cm³/mol. The summed E-state index contributed by atoms with van der Waals surface area (Å²) in [6, 6.07) is 11.1. The largest absolute Gasteiger partial charge is 0.487 e. The molecule has 0 saturated heterocycles. The smallest absolute Gasteiger partial charge is 0.344 e. The van der Waals surface area contributed by atoms with E-state index in [2.05, 4.69) is 11.9 Å². The van der Waals surface area contributed by atoms with E-state index >= 15 is 0 Å². The molecule has 2 aromatic rings. The van der Waals surface area contributed by atoms with E-state index < -0.39 is 0 Å². The maximum Gasteiger partial charge on any atom is 0.344 e. The number of nitrogens with zero attached hydrogens (tertiary/aromatic N) is 1. The average Bonchev–Trinajstić information content (AvgIpc) is 2.88. The number of rotatable bonds is 5. The lowest BCUT2D eigenvalue weighted by Crippen LogP contribution is -1.98. The van der Waals surface area contributed by atoms with Crippen LogP contribution in [-0.2, 0) is 11.3 Å². The van der Waals surface area contributed by atoms with Crippen molar-refractivity contribution in [2.24, 2.45) is 0 Å². The predicted octanol–water partition coefficient (Wildman–Crippen LogP) is 3.97. The van der Waals surface area contributed by atoms with Crippen molar-refractivity contribution in [3.05, 3.63) is 65.5 Å². The number of carbonyl (C=O) groups excluding carboxylic acids is 1. The molecule has 3 rings (SSSR count). The Morgan fingerprint density at radius 2 is 2.14 bits per heavy atom. The van der Waals surface area contributed by atoms with Gasteiger partial charge in [-0.25, -0.2) is 4.79 Å². The number of aromatic nitrogens is 1. The Hall–Kier alpha value is -2.62. The summed E-state index contributed by atoms with van der Waals surface area (Å²) in [6.07, 6.45) is 5.57. The molecule has 0 unspecified atom stereocenters. The third-order valence-electron chi connectivity index (χ3n) is 3.41. The van der Waals surface area contributed by atoms with Gasteiger partial charge in [-0.1, -0.05) is 19.4 Å². The summed E-state index contributed by atoms with van der Waals surface area (Å²) in [4.78, 5) is 16.0. The minimum Gasteiger partial charge on any atom is -0.487 e. The standard InChI is InChI=1S/C18H17NO3/c1-2-3-7-17-16-11-14(8-9-15(16)18(20)22-17)21-12-13-6-4-5-10-19-13/h4-11H,2-3,12H2,1H3/b17-7-. The first-order valence-electron chi connectivity index (χ1n) is 7.37. The normalized spacial score (nSPS) is 14.8. The summed E-state index contributed by atoms with van der Waals surface area (Å²) < 4.78 is 11.1. The van der Waals surface area contributed by atoms with Crippen LogP contribution in [0.2, 0.25) is 0 Å². The number of allylic oxidation sites excluding steroid dienone is 1. The molecule has 1 aliphatic heterocycles. The molecular weight excluding hydrogens is 278 g/mol. The van der Waals surface area contributed by atoms with E-state index in [-0.39, 0.29) is 5.97 Å². The van der Waals surface area contributed by atoms with Crippen molar-refractivity contribution in [1.82, 2.24) is 4.98 Å². The highest BCUT2D eigenvalue weighted by Gasteiger charge is 2.26. The average molecular weight is 295 g/mol. The van der Waals surface area contributed by atoms with Gasteiger partial charge in [0.25, 0.3) is 0 Å². The molecule has 4 nitrogen and oxygen atoms in total. The fourth-order valence-electron chi connectivity index (χ4n) is 2.27. The molecule has 0 radical (unpaired) electrons. The van der Waals surface area contributed by atoms with E-state index in [1.807, 2.05) is 30.3 Å². The molecule has 22 heavy (non-hydrogen) atoms. The number of fused-ring (bicyclic) bond motifs is 1. The van der Waals surface area contributed by atoms with E-state index in [0.717, 1.165) is 24.1 Å². The summed E-state index contributed by atoms with van der Waals surface area (Å²) in [7, 11) is 0. The highest BCUT2D eigenvalue weighted by atomic mass is 16.5. The molecule has 0 spiro atoms. The SMILES string of the molecule is CCC/C=C1\OC(=O)c2ccc(OCc3ccccn3)cc21. The van der Waals surface area contributed by atoms with Gasteiger partial charge in [0, 0.05) is 11.8 Å². The van der Waals surface area contributed by atoms with Crippen LogP contribution < -0.4 is 4.74 Å². The van der Waals surface area contributed by atoms with Crippen LogP contribution in [0.4, 0.5) is 0 Å². The van der Waals surface area contributed by atoms with Crippen LogP contribution in [-0.4, -0.2) is 11.0 Å². The quantitative estimate of drug-likeness (QED) is 0.783. The number of unbranched alkanes of at least 4 members (excludes halogenated alkanes) is 1. The fourth-order valence-corrected chi connectivity index (χ4v) is 2.27. The molecule has 4 heteroatoms. The monoisotopic (exact) mass is 295 g/mol. The Bertz CT molecular complexity index is 708. The first-order chi connectivity index (χ1) is 10.8. The molecule has 1 aromatic carbocycles. The first kappa shape index (κ1) is 14.3. The molecule has 1 aromatic heterocycles. The van der Waals surface area contributed by atoms with E-state index in [1.165, 1.54) is 0 Å². The molecule has 2 heterocycles. The summed E-state index contributed by atoms with van der Waals surface area (Å²) >= 11 is 0. The number of esters is 1. The van der Waals surface area contributed by atoms with Gasteiger partial charge in [0.1, 0.15) is 18.1 Å². The minimum atomic E-state index is -0.298. The molecular formula is C18H17NO3. The van der Waals surface area contributed by atoms with Crippen molar-refractivity contribution in [2.45, 2.75) is 26.4 Å². The maximum atomic E-state index is 11.8. The summed E-state index contributed by atoms with van der Waals surface area (Å²) in [5, 5.41) is 0. The van der Waals surface area contributed by atoms with Crippen LogP contribution in [0, 0.1) is 0 Å². The van der Waals surface area contributed by atoms with Gasteiger partial charge in [-0.2, -0.15) is 0 Å². The van der Waals surface area contributed by atoms with Gasteiger partial charge >= 0.3 is 5.97 Å². The van der Waals surface area contributed by atoms with Crippen LogP contribution in [0.25, 0.3) is 5.76 Å². The van der Waals surface area contributed by atoms with Gasteiger partial charge in [-0.15, -0.1) is 0 Å². The summed E-state index contributed by atoms with van der Waals surface area (Å²) in [5.41, 5.74) is 2.25. The summed E-state index contributed by atoms with van der Waals surface area (Å²) in [6.45, 7) is 2.48. The highest BCUT2D eigenvalue weighted by molar-refractivity contribution is 6.03. The van der Waals surface area contributed by atoms with Crippen LogP contribution >= 0.6 is 0 Å². The number of benzene rings is 1. The van der Waals surface area contributed by atoms with Crippen molar-refractivity contribution >= 4 is 11.7 Å². The third-order valence-corrected chi connectivity index (χ3v) is 3.41. The van der Waals surface area contributed by atoms with Crippen LogP contribution in [0.3, 0.4) is 0 Å². The molecule has 0 amide bonds. The second kappa shape index (κ2) is 6.43. The lowest BCUT2D eigenvalue weighted by atomic mass is 10.1. The van der Waals surface area contributed by atoms with Gasteiger partial charge in [-0.05, 0) is 42.8 Å². The van der Waals surface area contributed by atoms with Crippen molar-refractivity contribution < 1.29 is 14.3 Å². The van der Waals surface area contributed by atoms with Gasteiger partial charge < -0.3 is 9.47 Å². The molecule has 0 atom stereocenters. The van der Waals surface area contributed by atoms with Crippen molar-refractivity contribution in [3.63, 3.8) is 0 Å². The van der Waals surface area contributed by atoms with Crippen LogP contribution in [0.1, 0.15) is 41.4 Å². The molecule has 0 aliphatic carbocycles. The molecule has 1 aliphatic rings. The lowest BCUT2D eigenvalue weighted by Gasteiger charge is -2.07. The number of hydrogen-bond acceptors (Lipinski definition) is 4. The van der Waals surface area contributed by atoms with Gasteiger partial charge in [0.05, 0.1) is 11.3 Å². The van der Waals surface area contributed by atoms with Gasteiger partial charge in [0.2, 0.25) is 0 Å². The van der Waals surface area contributed by atoms with Crippen LogP contribution in [0.15, 0.2) is 48.7 Å². The molecule has 112 valence electrons. The van der Waals surface area contributed by atoms with Crippen molar-refractivity contribution in [1.29, 1.82) is 0 Å². The number of carbonyl (C=O) groups is 1. The van der Waals surface area contributed by atoms with Crippen molar-refractivity contribution in [3.8, 4) is 5.75 Å². The Morgan fingerprint density at radius 3 is 2.91 bits per heavy atom. The number of ether oxygens (including phenoxy) is 2. The Labute approximate surface area is 129 Å². The van der Waals surface area contributed by atoms with E-state index in [1.54, 1.807) is 18.3 Å². The molecule has 0 saturated carbocycles. The van der Waals surface area contributed by atoms with Gasteiger partial charge in [-0.3, -0.25) is 4.98 Å². The zero-order chi connectivity index (χ0) is 15.4. The van der Waals surface area contributed by atoms with Gasteiger partial charge in [0.15, 0.2) is 0 Å². The van der Waals surface area contributed by atoms with E-state index in [4.69, 9.17) is 9.47 Å². The Morgan fingerprint density at radius 1 is 1.23 bits per heavy atom. The Kier molecular flexibility index (Phi) is 4.19.